The zero-order valence-electron chi connectivity index (χ0n) is 12.2. The van der Waals surface area contributed by atoms with Crippen molar-refractivity contribution in [3.05, 3.63) is 34.3 Å². The second-order valence-corrected chi connectivity index (χ2v) is 6.05. The Balaban J connectivity index is 2.99. The molecule has 1 amide bonds. The van der Waals surface area contributed by atoms with E-state index in [9.17, 15) is 9.59 Å². The van der Waals surface area contributed by atoms with E-state index in [1.165, 1.54) is 0 Å². The van der Waals surface area contributed by atoms with E-state index in [4.69, 9.17) is 16.7 Å². The average molecular weight is 298 g/mol. The molecule has 1 unspecified atom stereocenters. The number of carboxylic acid groups (broad SMARTS) is 1. The Morgan fingerprint density at radius 1 is 1.35 bits per heavy atom. The number of carboxylic acids is 1. The second kappa shape index (κ2) is 6.27. The minimum Gasteiger partial charge on any atom is -0.481 e. The molecule has 4 nitrogen and oxygen atoms in total. The summed E-state index contributed by atoms with van der Waals surface area (Å²) < 4.78 is 0. The van der Waals surface area contributed by atoms with E-state index in [1.54, 1.807) is 25.1 Å². The van der Waals surface area contributed by atoms with E-state index in [0.717, 1.165) is 5.56 Å². The van der Waals surface area contributed by atoms with Gasteiger partial charge in [-0.2, -0.15) is 0 Å². The highest BCUT2D eigenvalue weighted by molar-refractivity contribution is 6.31. The molecule has 0 radical (unpaired) electrons. The number of halogens is 1. The third-order valence-electron chi connectivity index (χ3n) is 3.50. The van der Waals surface area contributed by atoms with Crippen LogP contribution in [0.25, 0.3) is 0 Å². The standard InChI is InChI=1S/C15H20ClNO3/c1-9(2)15(4,8-13(18)19)17-14(20)11-5-10(3)6-12(16)7-11/h5-7,9H,8H2,1-4H3,(H,17,20)(H,18,19). The van der Waals surface area contributed by atoms with Crippen LogP contribution in [0, 0.1) is 12.8 Å². The molecule has 1 rings (SSSR count). The number of rotatable bonds is 5. The van der Waals surface area contributed by atoms with Crippen LogP contribution in [0.2, 0.25) is 5.02 Å². The van der Waals surface area contributed by atoms with E-state index in [0.29, 0.717) is 10.6 Å². The minimum atomic E-state index is -0.941. The number of carbonyl (C=O) groups is 2. The zero-order valence-corrected chi connectivity index (χ0v) is 12.9. The molecule has 0 heterocycles. The van der Waals surface area contributed by atoms with Gasteiger partial charge in [0.05, 0.1) is 12.0 Å². The fourth-order valence-electron chi connectivity index (χ4n) is 1.91. The first kappa shape index (κ1) is 16.5. The SMILES string of the molecule is Cc1cc(Cl)cc(C(=O)NC(C)(CC(=O)O)C(C)C)c1. The number of carbonyl (C=O) groups excluding carboxylic acids is 1. The first-order valence-electron chi connectivity index (χ1n) is 6.45. The van der Waals surface area contributed by atoms with Crippen molar-refractivity contribution in [3.63, 3.8) is 0 Å². The molecule has 1 atom stereocenters. The van der Waals surface area contributed by atoms with Crippen molar-refractivity contribution in [3.8, 4) is 0 Å². The van der Waals surface area contributed by atoms with Gasteiger partial charge >= 0.3 is 5.97 Å². The van der Waals surface area contributed by atoms with Gasteiger partial charge < -0.3 is 10.4 Å². The molecule has 0 saturated heterocycles. The molecule has 0 aliphatic carbocycles. The highest BCUT2D eigenvalue weighted by atomic mass is 35.5. The zero-order chi connectivity index (χ0) is 15.5. The van der Waals surface area contributed by atoms with Crippen molar-refractivity contribution in [1.29, 1.82) is 0 Å². The van der Waals surface area contributed by atoms with Gasteiger partial charge in [0.2, 0.25) is 0 Å². The molecule has 0 aliphatic rings. The second-order valence-electron chi connectivity index (χ2n) is 5.61. The number of amides is 1. The van der Waals surface area contributed by atoms with Crippen LogP contribution >= 0.6 is 11.6 Å². The van der Waals surface area contributed by atoms with Crippen LogP contribution in [0.1, 0.15) is 43.1 Å². The molecule has 2 N–H and O–H groups in total. The Morgan fingerprint density at radius 2 is 1.95 bits per heavy atom. The Kier molecular flexibility index (Phi) is 5.17. The summed E-state index contributed by atoms with van der Waals surface area (Å²) in [5.41, 5.74) is 0.512. The Bertz CT molecular complexity index is 508. The molecule has 1 aromatic carbocycles. The Morgan fingerprint density at radius 3 is 2.40 bits per heavy atom. The molecule has 0 spiro atoms. The molecular weight excluding hydrogens is 278 g/mol. The third-order valence-corrected chi connectivity index (χ3v) is 3.71. The molecule has 20 heavy (non-hydrogen) atoms. The van der Waals surface area contributed by atoms with E-state index in [2.05, 4.69) is 5.32 Å². The van der Waals surface area contributed by atoms with Gasteiger partial charge in [-0.25, -0.2) is 0 Å². The molecule has 0 fully saturated rings. The average Bonchev–Trinajstić information content (AvgIpc) is 2.25. The predicted molar refractivity (Wildman–Crippen MR) is 79.2 cm³/mol. The van der Waals surface area contributed by atoms with Gasteiger partial charge in [0.25, 0.3) is 5.91 Å². The highest BCUT2D eigenvalue weighted by Crippen LogP contribution is 2.22. The molecule has 0 aliphatic heterocycles. The first-order chi connectivity index (χ1) is 9.14. The molecular formula is C15H20ClNO3. The number of hydrogen-bond acceptors (Lipinski definition) is 2. The van der Waals surface area contributed by atoms with Gasteiger partial charge in [0.15, 0.2) is 0 Å². The Hall–Kier alpha value is -1.55. The maximum atomic E-state index is 12.3. The lowest BCUT2D eigenvalue weighted by atomic mass is 9.85. The highest BCUT2D eigenvalue weighted by Gasteiger charge is 2.33. The first-order valence-corrected chi connectivity index (χ1v) is 6.83. The molecule has 5 heteroatoms. The number of nitrogens with one attached hydrogen (secondary N) is 1. The molecule has 110 valence electrons. The number of hydrogen-bond donors (Lipinski definition) is 2. The largest absolute Gasteiger partial charge is 0.481 e. The normalized spacial score (nSPS) is 13.9. The topological polar surface area (TPSA) is 66.4 Å². The van der Waals surface area contributed by atoms with Crippen molar-refractivity contribution in [2.24, 2.45) is 5.92 Å². The van der Waals surface area contributed by atoms with E-state index < -0.39 is 11.5 Å². The van der Waals surface area contributed by atoms with Crippen molar-refractivity contribution in [2.45, 2.75) is 39.7 Å². The maximum absolute atomic E-state index is 12.3. The molecule has 1 aromatic rings. The summed E-state index contributed by atoms with van der Waals surface area (Å²) in [5.74, 6) is -1.26. The summed E-state index contributed by atoms with van der Waals surface area (Å²) >= 11 is 5.94. The van der Waals surface area contributed by atoms with Crippen LogP contribution in [0.3, 0.4) is 0 Å². The quantitative estimate of drug-likeness (QED) is 0.876. The van der Waals surface area contributed by atoms with Gasteiger partial charge in [0, 0.05) is 10.6 Å². The van der Waals surface area contributed by atoms with Gasteiger partial charge in [0.1, 0.15) is 0 Å². The van der Waals surface area contributed by atoms with E-state index in [1.807, 2.05) is 20.8 Å². The van der Waals surface area contributed by atoms with Gasteiger partial charge in [-0.1, -0.05) is 25.4 Å². The lowest BCUT2D eigenvalue weighted by Gasteiger charge is -2.33. The van der Waals surface area contributed by atoms with Crippen molar-refractivity contribution in [2.75, 3.05) is 0 Å². The summed E-state index contributed by atoms with van der Waals surface area (Å²) in [5, 5.41) is 12.3. The van der Waals surface area contributed by atoms with E-state index >= 15 is 0 Å². The Labute approximate surface area is 124 Å². The van der Waals surface area contributed by atoms with Gasteiger partial charge in [-0.05, 0) is 43.5 Å². The van der Waals surface area contributed by atoms with Crippen LogP contribution in [-0.2, 0) is 4.79 Å². The summed E-state index contributed by atoms with van der Waals surface area (Å²) in [6.45, 7) is 7.35. The van der Waals surface area contributed by atoms with Crippen LogP contribution in [0.4, 0.5) is 0 Å². The lowest BCUT2D eigenvalue weighted by Crippen LogP contribution is -2.51. The van der Waals surface area contributed by atoms with Crippen LogP contribution in [-0.4, -0.2) is 22.5 Å². The van der Waals surface area contributed by atoms with Crippen LogP contribution in [0.15, 0.2) is 18.2 Å². The van der Waals surface area contributed by atoms with Crippen molar-refractivity contribution < 1.29 is 14.7 Å². The van der Waals surface area contributed by atoms with E-state index in [-0.39, 0.29) is 18.2 Å². The summed E-state index contributed by atoms with van der Waals surface area (Å²) in [6.07, 6.45) is -0.129. The molecule has 0 aromatic heterocycles. The monoisotopic (exact) mass is 297 g/mol. The maximum Gasteiger partial charge on any atom is 0.305 e. The fraction of sp³-hybridized carbons (Fsp3) is 0.467. The van der Waals surface area contributed by atoms with Crippen LogP contribution < -0.4 is 5.32 Å². The summed E-state index contributed by atoms with van der Waals surface area (Å²) in [4.78, 5) is 23.3. The van der Waals surface area contributed by atoms with Gasteiger partial charge in [-0.15, -0.1) is 0 Å². The molecule has 0 saturated carbocycles. The molecule has 0 bridgehead atoms. The number of aliphatic carboxylic acids is 1. The summed E-state index contributed by atoms with van der Waals surface area (Å²) in [7, 11) is 0. The number of benzene rings is 1. The van der Waals surface area contributed by atoms with Crippen LogP contribution in [0.5, 0.6) is 0 Å². The smallest absolute Gasteiger partial charge is 0.305 e. The fourth-order valence-corrected chi connectivity index (χ4v) is 2.20. The van der Waals surface area contributed by atoms with Crippen molar-refractivity contribution in [1.82, 2.24) is 5.32 Å². The lowest BCUT2D eigenvalue weighted by molar-refractivity contribution is -0.138. The predicted octanol–water partition coefficient (Wildman–Crippen LogP) is 3.27. The minimum absolute atomic E-state index is 0.0113. The van der Waals surface area contributed by atoms with Crippen molar-refractivity contribution >= 4 is 23.5 Å². The summed E-state index contributed by atoms with van der Waals surface area (Å²) in [6, 6.07) is 5.06. The van der Waals surface area contributed by atoms with Gasteiger partial charge in [-0.3, -0.25) is 9.59 Å². The number of aryl methyl sites for hydroxylation is 1. The third kappa shape index (κ3) is 4.23.